The molecule has 5 rings (SSSR count). The van der Waals surface area contributed by atoms with Gasteiger partial charge in [-0.25, -0.2) is 4.98 Å². The van der Waals surface area contributed by atoms with Crippen molar-refractivity contribution in [2.45, 2.75) is 0 Å². The van der Waals surface area contributed by atoms with Crippen molar-refractivity contribution in [3.05, 3.63) is 72.3 Å². The van der Waals surface area contributed by atoms with Gasteiger partial charge >= 0.3 is 0 Å². The standard InChI is InChI=1S/C28H30N4O3S/c1-34-23-12-13-24(35-2)26-25(23)30-28(36-26)32-18-16-31(17-19-32)15-14-29-27(33)22-10-8-21(9-11-22)20-6-4-3-5-7-20/h3-13H,14-19H2,1-2H3,(H,29,33). The van der Waals surface area contributed by atoms with Gasteiger partial charge in [0.1, 0.15) is 21.7 Å². The van der Waals surface area contributed by atoms with E-state index in [0.29, 0.717) is 12.1 Å². The number of rotatable bonds is 8. The van der Waals surface area contributed by atoms with Gasteiger partial charge in [-0.15, -0.1) is 0 Å². The van der Waals surface area contributed by atoms with Crippen LogP contribution in [-0.2, 0) is 0 Å². The Hall–Kier alpha value is -3.62. The summed E-state index contributed by atoms with van der Waals surface area (Å²) in [6.45, 7) is 5.06. The van der Waals surface area contributed by atoms with Crippen LogP contribution in [0.3, 0.4) is 0 Å². The third-order valence-corrected chi connectivity index (χ3v) is 7.64. The number of carbonyl (C=O) groups is 1. The molecule has 186 valence electrons. The van der Waals surface area contributed by atoms with Crippen molar-refractivity contribution in [2.24, 2.45) is 0 Å². The van der Waals surface area contributed by atoms with E-state index in [4.69, 9.17) is 14.5 Å². The number of hydrogen-bond acceptors (Lipinski definition) is 7. The molecule has 0 spiro atoms. The van der Waals surface area contributed by atoms with E-state index < -0.39 is 0 Å². The number of nitrogens with one attached hydrogen (secondary N) is 1. The van der Waals surface area contributed by atoms with E-state index in [1.165, 1.54) is 0 Å². The lowest BCUT2D eigenvalue weighted by molar-refractivity contribution is 0.0948. The highest BCUT2D eigenvalue weighted by molar-refractivity contribution is 7.22. The first kappa shape index (κ1) is 24.1. The molecule has 0 unspecified atom stereocenters. The Morgan fingerprint density at radius 1 is 0.889 bits per heavy atom. The predicted octanol–water partition coefficient (Wildman–Crippen LogP) is 4.53. The van der Waals surface area contributed by atoms with Gasteiger partial charge in [0.15, 0.2) is 5.13 Å². The summed E-state index contributed by atoms with van der Waals surface area (Å²) < 4.78 is 12.0. The number of fused-ring (bicyclic) bond motifs is 1. The monoisotopic (exact) mass is 502 g/mol. The van der Waals surface area contributed by atoms with Crippen LogP contribution in [0.1, 0.15) is 10.4 Å². The average molecular weight is 503 g/mol. The van der Waals surface area contributed by atoms with Crippen LogP contribution in [0.25, 0.3) is 21.3 Å². The second kappa shape index (κ2) is 11.0. The van der Waals surface area contributed by atoms with Crippen molar-refractivity contribution in [1.29, 1.82) is 0 Å². The van der Waals surface area contributed by atoms with Crippen molar-refractivity contribution < 1.29 is 14.3 Å². The second-order valence-corrected chi connectivity index (χ2v) is 9.65. The first-order chi connectivity index (χ1) is 17.7. The van der Waals surface area contributed by atoms with Gasteiger partial charge < -0.3 is 19.7 Å². The summed E-state index contributed by atoms with van der Waals surface area (Å²) >= 11 is 1.64. The number of aromatic nitrogens is 1. The Kier molecular flexibility index (Phi) is 7.34. The Balaban J connectivity index is 1.11. The van der Waals surface area contributed by atoms with E-state index in [1.54, 1.807) is 25.6 Å². The number of hydrogen-bond donors (Lipinski definition) is 1. The topological polar surface area (TPSA) is 66.9 Å². The molecular formula is C28H30N4O3S. The number of carbonyl (C=O) groups excluding carboxylic acids is 1. The van der Waals surface area contributed by atoms with E-state index in [0.717, 1.165) is 70.7 Å². The number of nitrogens with zero attached hydrogens (tertiary/aromatic N) is 3. The van der Waals surface area contributed by atoms with E-state index in [1.807, 2.05) is 54.6 Å². The quantitative estimate of drug-likeness (QED) is 0.382. The van der Waals surface area contributed by atoms with Crippen molar-refractivity contribution in [3.63, 3.8) is 0 Å². The van der Waals surface area contributed by atoms with E-state index >= 15 is 0 Å². The molecule has 1 amide bonds. The molecule has 8 heteroatoms. The summed E-state index contributed by atoms with van der Waals surface area (Å²) in [6, 6.07) is 21.8. The molecule has 1 aliphatic rings. The zero-order valence-corrected chi connectivity index (χ0v) is 21.4. The maximum atomic E-state index is 12.6. The molecule has 2 heterocycles. The highest BCUT2D eigenvalue weighted by Gasteiger charge is 2.22. The van der Waals surface area contributed by atoms with Crippen molar-refractivity contribution in [2.75, 3.05) is 58.4 Å². The fourth-order valence-corrected chi connectivity index (χ4v) is 5.57. The minimum Gasteiger partial charge on any atom is -0.495 e. The molecule has 3 aromatic carbocycles. The van der Waals surface area contributed by atoms with Crippen LogP contribution in [0.2, 0.25) is 0 Å². The molecule has 1 aromatic heterocycles. The average Bonchev–Trinajstić information content (AvgIpc) is 3.39. The Morgan fingerprint density at radius 3 is 2.25 bits per heavy atom. The lowest BCUT2D eigenvalue weighted by Gasteiger charge is -2.34. The maximum absolute atomic E-state index is 12.6. The summed E-state index contributed by atoms with van der Waals surface area (Å²) in [6.07, 6.45) is 0. The van der Waals surface area contributed by atoms with Crippen molar-refractivity contribution >= 4 is 32.6 Å². The molecule has 0 atom stereocenters. The molecule has 0 bridgehead atoms. The number of anilines is 1. The van der Waals surface area contributed by atoms with Gasteiger partial charge in [-0.05, 0) is 35.4 Å². The smallest absolute Gasteiger partial charge is 0.251 e. The van der Waals surface area contributed by atoms with Crippen LogP contribution in [0.15, 0.2) is 66.7 Å². The summed E-state index contributed by atoms with van der Waals surface area (Å²) in [4.78, 5) is 22.1. The molecule has 36 heavy (non-hydrogen) atoms. The molecule has 7 nitrogen and oxygen atoms in total. The molecule has 0 radical (unpaired) electrons. The number of thiazole rings is 1. The third-order valence-electron chi connectivity index (χ3n) is 6.51. The molecular weight excluding hydrogens is 472 g/mol. The number of ether oxygens (including phenoxy) is 2. The highest BCUT2D eigenvalue weighted by Crippen LogP contribution is 2.40. The second-order valence-electron chi connectivity index (χ2n) is 8.67. The fourth-order valence-electron chi connectivity index (χ4n) is 4.45. The normalized spacial score (nSPS) is 14.1. The molecule has 0 saturated carbocycles. The number of amides is 1. The molecule has 1 N–H and O–H groups in total. The van der Waals surface area contributed by atoms with Crippen LogP contribution in [0, 0.1) is 0 Å². The lowest BCUT2D eigenvalue weighted by atomic mass is 10.0. The summed E-state index contributed by atoms with van der Waals surface area (Å²) in [5.41, 5.74) is 3.78. The minimum absolute atomic E-state index is 0.0365. The van der Waals surface area contributed by atoms with Crippen molar-refractivity contribution in [1.82, 2.24) is 15.2 Å². The van der Waals surface area contributed by atoms with Crippen LogP contribution < -0.4 is 19.7 Å². The Labute approximate surface area is 215 Å². The molecule has 1 saturated heterocycles. The minimum atomic E-state index is -0.0365. The van der Waals surface area contributed by atoms with Crippen LogP contribution in [0.4, 0.5) is 5.13 Å². The van der Waals surface area contributed by atoms with Gasteiger partial charge in [0, 0.05) is 44.8 Å². The summed E-state index contributed by atoms with van der Waals surface area (Å²) in [5, 5.41) is 4.04. The highest BCUT2D eigenvalue weighted by atomic mass is 32.1. The SMILES string of the molecule is COc1ccc(OC)c2sc(N3CCN(CCNC(=O)c4ccc(-c5ccccc5)cc4)CC3)nc12. The largest absolute Gasteiger partial charge is 0.495 e. The molecule has 1 aliphatic heterocycles. The molecule has 4 aromatic rings. The van der Waals surface area contributed by atoms with Gasteiger partial charge in [0.2, 0.25) is 0 Å². The zero-order chi connectivity index (χ0) is 24.9. The molecule has 0 aliphatic carbocycles. The number of benzene rings is 3. The summed E-state index contributed by atoms with van der Waals surface area (Å²) in [7, 11) is 3.34. The summed E-state index contributed by atoms with van der Waals surface area (Å²) in [5.74, 6) is 1.54. The van der Waals surface area contributed by atoms with E-state index in [-0.39, 0.29) is 5.91 Å². The van der Waals surface area contributed by atoms with Crippen LogP contribution >= 0.6 is 11.3 Å². The number of piperazine rings is 1. The van der Waals surface area contributed by atoms with E-state index in [9.17, 15) is 4.79 Å². The Bertz CT molecular complexity index is 1280. The lowest BCUT2D eigenvalue weighted by Crippen LogP contribution is -2.48. The van der Waals surface area contributed by atoms with Crippen molar-refractivity contribution in [3.8, 4) is 22.6 Å². The van der Waals surface area contributed by atoms with Gasteiger partial charge in [-0.1, -0.05) is 53.8 Å². The first-order valence-electron chi connectivity index (χ1n) is 12.1. The van der Waals surface area contributed by atoms with Gasteiger partial charge in [-0.3, -0.25) is 9.69 Å². The fraction of sp³-hybridized carbons (Fsp3) is 0.286. The van der Waals surface area contributed by atoms with Crippen LogP contribution in [-0.4, -0.2) is 69.3 Å². The zero-order valence-electron chi connectivity index (χ0n) is 20.6. The van der Waals surface area contributed by atoms with Crippen LogP contribution in [0.5, 0.6) is 11.5 Å². The van der Waals surface area contributed by atoms with Gasteiger partial charge in [0.25, 0.3) is 5.91 Å². The third kappa shape index (κ3) is 5.15. The maximum Gasteiger partial charge on any atom is 0.251 e. The number of methoxy groups -OCH3 is 2. The van der Waals surface area contributed by atoms with Gasteiger partial charge in [0.05, 0.1) is 14.2 Å². The van der Waals surface area contributed by atoms with E-state index in [2.05, 4.69) is 27.2 Å². The first-order valence-corrected chi connectivity index (χ1v) is 12.9. The predicted molar refractivity (Wildman–Crippen MR) is 146 cm³/mol. The Morgan fingerprint density at radius 2 is 1.56 bits per heavy atom. The molecule has 1 fully saturated rings. The van der Waals surface area contributed by atoms with Gasteiger partial charge in [-0.2, -0.15) is 0 Å².